The zero-order valence-corrected chi connectivity index (χ0v) is 14.3. The molecule has 1 N–H and O–H groups in total. The summed E-state index contributed by atoms with van der Waals surface area (Å²) in [5.41, 5.74) is 4.75. The van der Waals surface area contributed by atoms with Crippen LogP contribution in [0.5, 0.6) is 5.75 Å². The molecule has 2 aromatic carbocycles. The molecule has 0 aliphatic carbocycles. The molecule has 0 heterocycles. The highest BCUT2D eigenvalue weighted by atomic mass is 16.5. The fourth-order valence-corrected chi connectivity index (χ4v) is 2.51. The van der Waals surface area contributed by atoms with Crippen LogP contribution in [-0.4, -0.2) is 12.5 Å². The minimum atomic E-state index is 0.00164. The number of nitrogens with one attached hydrogen (secondary N) is 1. The smallest absolute Gasteiger partial charge is 0.223 e. The molecule has 1 atom stereocenters. The van der Waals surface area contributed by atoms with Crippen LogP contribution in [0.2, 0.25) is 0 Å². The predicted octanol–water partition coefficient (Wildman–Crippen LogP) is 4.26. The molecule has 0 aromatic heterocycles. The Morgan fingerprint density at radius 3 is 2.39 bits per heavy atom. The molecule has 1 amide bonds. The number of hydrogen-bond acceptors (Lipinski definition) is 2. The number of ether oxygens (including phenoxy) is 1. The molecule has 0 spiro atoms. The number of amides is 1. The first kappa shape index (κ1) is 17.1. The van der Waals surface area contributed by atoms with Crippen LogP contribution in [0.25, 0.3) is 0 Å². The molecule has 122 valence electrons. The summed E-state index contributed by atoms with van der Waals surface area (Å²) in [6.07, 6.45) is 0.350. The number of hydrogen-bond donors (Lipinski definition) is 1. The maximum absolute atomic E-state index is 12.1. The largest absolute Gasteiger partial charge is 0.493 e. The van der Waals surface area contributed by atoms with E-state index in [2.05, 4.69) is 37.4 Å². The van der Waals surface area contributed by atoms with Gasteiger partial charge in [0, 0.05) is 0 Å². The van der Waals surface area contributed by atoms with E-state index in [-0.39, 0.29) is 11.9 Å². The van der Waals surface area contributed by atoms with E-state index in [4.69, 9.17) is 4.74 Å². The highest BCUT2D eigenvalue weighted by Gasteiger charge is 2.12. The average molecular weight is 311 g/mol. The summed E-state index contributed by atoms with van der Waals surface area (Å²) in [7, 11) is 0. The Morgan fingerprint density at radius 1 is 1.04 bits per heavy atom. The van der Waals surface area contributed by atoms with Gasteiger partial charge in [0.25, 0.3) is 0 Å². The van der Waals surface area contributed by atoms with Gasteiger partial charge in [-0.2, -0.15) is 0 Å². The average Bonchev–Trinajstić information content (AvgIpc) is 2.51. The van der Waals surface area contributed by atoms with Crippen LogP contribution in [0.4, 0.5) is 0 Å². The van der Waals surface area contributed by atoms with Crippen LogP contribution < -0.4 is 10.1 Å². The van der Waals surface area contributed by atoms with Gasteiger partial charge in [-0.3, -0.25) is 4.79 Å². The molecule has 1 unspecified atom stereocenters. The zero-order valence-electron chi connectivity index (χ0n) is 14.3. The first-order chi connectivity index (χ1) is 11.0. The molecule has 2 rings (SSSR count). The number of aryl methyl sites for hydroxylation is 3. The van der Waals surface area contributed by atoms with Crippen molar-refractivity contribution < 1.29 is 9.53 Å². The van der Waals surface area contributed by atoms with Gasteiger partial charge >= 0.3 is 0 Å². The van der Waals surface area contributed by atoms with E-state index in [9.17, 15) is 4.79 Å². The van der Waals surface area contributed by atoms with Crippen LogP contribution in [0, 0.1) is 20.8 Å². The summed E-state index contributed by atoms with van der Waals surface area (Å²) in [5, 5.41) is 3.04. The lowest BCUT2D eigenvalue weighted by Crippen LogP contribution is -2.28. The van der Waals surface area contributed by atoms with Gasteiger partial charge < -0.3 is 10.1 Å². The number of benzene rings is 2. The van der Waals surface area contributed by atoms with E-state index < -0.39 is 0 Å². The normalized spacial score (nSPS) is 11.8. The number of carbonyl (C=O) groups is 1. The summed E-state index contributed by atoms with van der Waals surface area (Å²) >= 11 is 0. The number of carbonyl (C=O) groups excluding carboxylic acids is 1. The fourth-order valence-electron chi connectivity index (χ4n) is 2.51. The van der Waals surface area contributed by atoms with Gasteiger partial charge in [-0.15, -0.1) is 0 Å². The maximum atomic E-state index is 12.1. The summed E-state index contributed by atoms with van der Waals surface area (Å²) in [4.78, 5) is 12.1. The van der Waals surface area contributed by atoms with E-state index in [1.807, 2.05) is 38.1 Å². The van der Waals surface area contributed by atoms with Crippen molar-refractivity contribution in [3.63, 3.8) is 0 Å². The molecule has 0 fully saturated rings. The van der Waals surface area contributed by atoms with Gasteiger partial charge in [0.15, 0.2) is 0 Å². The van der Waals surface area contributed by atoms with Gasteiger partial charge in [0.2, 0.25) is 5.91 Å². The molecule has 0 saturated heterocycles. The lowest BCUT2D eigenvalue weighted by atomic mass is 10.00. The standard InChI is InChI=1S/C20H25NO2/c1-14-6-9-18(10-7-14)23-12-11-20(22)21-17(4)19-13-15(2)5-8-16(19)3/h5-10,13,17H,11-12H2,1-4H3,(H,21,22). The van der Waals surface area contributed by atoms with E-state index >= 15 is 0 Å². The fraction of sp³-hybridized carbons (Fsp3) is 0.350. The van der Waals surface area contributed by atoms with Gasteiger partial charge in [0.1, 0.15) is 5.75 Å². The Hall–Kier alpha value is -2.29. The maximum Gasteiger partial charge on any atom is 0.223 e. The molecule has 0 radical (unpaired) electrons. The van der Waals surface area contributed by atoms with Crippen molar-refractivity contribution in [2.45, 2.75) is 40.2 Å². The van der Waals surface area contributed by atoms with Crippen molar-refractivity contribution in [2.75, 3.05) is 6.61 Å². The van der Waals surface area contributed by atoms with E-state index in [0.717, 1.165) is 11.3 Å². The zero-order chi connectivity index (χ0) is 16.8. The Kier molecular flexibility index (Phi) is 5.80. The van der Waals surface area contributed by atoms with Crippen LogP contribution in [0.1, 0.15) is 41.6 Å². The van der Waals surface area contributed by atoms with E-state index in [1.165, 1.54) is 16.7 Å². The van der Waals surface area contributed by atoms with Crippen molar-refractivity contribution in [3.05, 3.63) is 64.7 Å². The van der Waals surface area contributed by atoms with Crippen LogP contribution in [0.15, 0.2) is 42.5 Å². The van der Waals surface area contributed by atoms with Crippen molar-refractivity contribution in [1.29, 1.82) is 0 Å². The first-order valence-electron chi connectivity index (χ1n) is 8.01. The number of rotatable bonds is 6. The quantitative estimate of drug-likeness (QED) is 0.865. The molecule has 3 nitrogen and oxygen atoms in total. The molecule has 0 saturated carbocycles. The van der Waals surface area contributed by atoms with Crippen LogP contribution in [0.3, 0.4) is 0 Å². The van der Waals surface area contributed by atoms with Crippen molar-refractivity contribution >= 4 is 5.91 Å². The van der Waals surface area contributed by atoms with Gasteiger partial charge in [0.05, 0.1) is 19.1 Å². The summed E-state index contributed by atoms with van der Waals surface area (Å²) < 4.78 is 5.60. The molecule has 0 aliphatic heterocycles. The first-order valence-corrected chi connectivity index (χ1v) is 8.01. The minimum Gasteiger partial charge on any atom is -0.493 e. The lowest BCUT2D eigenvalue weighted by Gasteiger charge is -2.17. The predicted molar refractivity (Wildman–Crippen MR) is 93.8 cm³/mol. The summed E-state index contributed by atoms with van der Waals surface area (Å²) in [6.45, 7) is 8.56. The van der Waals surface area contributed by atoms with Gasteiger partial charge in [-0.25, -0.2) is 0 Å². The molecular formula is C20H25NO2. The van der Waals surface area contributed by atoms with Crippen molar-refractivity contribution in [3.8, 4) is 5.75 Å². The summed E-state index contributed by atoms with van der Waals surface area (Å²) in [5.74, 6) is 0.802. The second-order valence-corrected chi connectivity index (χ2v) is 6.06. The van der Waals surface area contributed by atoms with Gasteiger partial charge in [-0.05, 0) is 51.0 Å². The molecule has 0 aliphatic rings. The van der Waals surface area contributed by atoms with Crippen LogP contribution >= 0.6 is 0 Å². The Bertz CT molecular complexity index is 662. The monoisotopic (exact) mass is 311 g/mol. The Balaban J connectivity index is 1.82. The molecule has 3 heteroatoms. The topological polar surface area (TPSA) is 38.3 Å². The third-order valence-electron chi connectivity index (χ3n) is 3.90. The van der Waals surface area contributed by atoms with Crippen molar-refractivity contribution in [1.82, 2.24) is 5.32 Å². The van der Waals surface area contributed by atoms with Gasteiger partial charge in [-0.1, -0.05) is 41.5 Å². The molecule has 23 heavy (non-hydrogen) atoms. The Labute approximate surface area is 138 Å². The van der Waals surface area contributed by atoms with E-state index in [1.54, 1.807) is 0 Å². The molecule has 2 aromatic rings. The highest BCUT2D eigenvalue weighted by Crippen LogP contribution is 2.19. The third-order valence-corrected chi connectivity index (χ3v) is 3.90. The van der Waals surface area contributed by atoms with E-state index in [0.29, 0.717) is 13.0 Å². The molecular weight excluding hydrogens is 286 g/mol. The Morgan fingerprint density at radius 2 is 1.70 bits per heavy atom. The second-order valence-electron chi connectivity index (χ2n) is 6.06. The minimum absolute atomic E-state index is 0.00164. The van der Waals surface area contributed by atoms with Crippen molar-refractivity contribution in [2.24, 2.45) is 0 Å². The molecule has 0 bridgehead atoms. The second kappa shape index (κ2) is 7.82. The van der Waals surface area contributed by atoms with Crippen LogP contribution in [-0.2, 0) is 4.79 Å². The highest BCUT2D eigenvalue weighted by molar-refractivity contribution is 5.76. The summed E-state index contributed by atoms with van der Waals surface area (Å²) in [6, 6.07) is 14.1. The lowest BCUT2D eigenvalue weighted by molar-refractivity contribution is -0.122. The SMILES string of the molecule is Cc1ccc(OCCC(=O)NC(C)c2cc(C)ccc2C)cc1. The third kappa shape index (κ3) is 5.13.